The Morgan fingerprint density at radius 3 is 3.20 bits per heavy atom. The predicted molar refractivity (Wildman–Crippen MR) is 64.3 cm³/mol. The molecule has 15 heavy (non-hydrogen) atoms. The van der Waals surface area contributed by atoms with Gasteiger partial charge in [-0.05, 0) is 41.8 Å². The summed E-state index contributed by atoms with van der Waals surface area (Å²) in [5.74, 6) is 0.658. The fourth-order valence-electron chi connectivity index (χ4n) is 2.12. The summed E-state index contributed by atoms with van der Waals surface area (Å²) < 4.78 is 5.48. The van der Waals surface area contributed by atoms with Crippen LogP contribution in [0.15, 0.2) is 16.8 Å². The van der Waals surface area contributed by atoms with Gasteiger partial charge in [-0.25, -0.2) is 0 Å². The molecule has 1 aromatic rings. The van der Waals surface area contributed by atoms with E-state index in [2.05, 4.69) is 29.1 Å². The van der Waals surface area contributed by atoms with Crippen LogP contribution in [0.2, 0.25) is 0 Å². The highest BCUT2D eigenvalue weighted by Crippen LogP contribution is 2.29. The molecule has 1 N–H and O–H groups in total. The van der Waals surface area contributed by atoms with Gasteiger partial charge in [0, 0.05) is 18.6 Å². The zero-order chi connectivity index (χ0) is 10.5. The molecule has 3 heteroatoms. The van der Waals surface area contributed by atoms with Gasteiger partial charge in [-0.2, -0.15) is 11.3 Å². The van der Waals surface area contributed by atoms with E-state index in [9.17, 15) is 0 Å². The monoisotopic (exact) mass is 225 g/mol. The summed E-state index contributed by atoms with van der Waals surface area (Å²) in [5, 5.41) is 8.05. The van der Waals surface area contributed by atoms with Gasteiger partial charge >= 0.3 is 0 Å². The van der Waals surface area contributed by atoms with Crippen molar-refractivity contribution in [1.82, 2.24) is 5.32 Å². The highest BCUT2D eigenvalue weighted by Gasteiger charge is 2.26. The third-order valence-corrected chi connectivity index (χ3v) is 3.65. The average Bonchev–Trinajstić information content (AvgIpc) is 2.90. The highest BCUT2D eigenvalue weighted by atomic mass is 32.1. The molecule has 1 saturated heterocycles. The van der Waals surface area contributed by atoms with Crippen molar-refractivity contribution in [1.29, 1.82) is 0 Å². The van der Waals surface area contributed by atoms with Gasteiger partial charge < -0.3 is 10.1 Å². The van der Waals surface area contributed by atoms with E-state index in [4.69, 9.17) is 4.74 Å². The van der Waals surface area contributed by atoms with Crippen molar-refractivity contribution in [3.63, 3.8) is 0 Å². The first kappa shape index (κ1) is 11.1. The zero-order valence-corrected chi connectivity index (χ0v) is 10.1. The Bertz CT molecular complexity index is 267. The van der Waals surface area contributed by atoms with Gasteiger partial charge in [-0.3, -0.25) is 0 Å². The maximum absolute atomic E-state index is 5.48. The minimum Gasteiger partial charge on any atom is -0.381 e. The normalized spacial score (nSPS) is 23.1. The molecule has 0 aromatic carbocycles. The summed E-state index contributed by atoms with van der Waals surface area (Å²) in [6.07, 6.45) is 2.38. The van der Waals surface area contributed by atoms with E-state index < -0.39 is 0 Å². The molecule has 0 spiro atoms. The molecule has 2 heterocycles. The molecule has 1 aromatic heterocycles. The van der Waals surface area contributed by atoms with Gasteiger partial charge in [0.2, 0.25) is 0 Å². The zero-order valence-electron chi connectivity index (χ0n) is 9.24. The molecule has 2 rings (SSSR count). The van der Waals surface area contributed by atoms with Crippen molar-refractivity contribution in [2.24, 2.45) is 5.92 Å². The van der Waals surface area contributed by atoms with Gasteiger partial charge in [-0.1, -0.05) is 6.92 Å². The summed E-state index contributed by atoms with van der Waals surface area (Å²) in [6.45, 7) is 5.15. The Labute approximate surface area is 95.6 Å². The van der Waals surface area contributed by atoms with Crippen molar-refractivity contribution in [2.75, 3.05) is 19.8 Å². The molecule has 2 atom stereocenters. The standard InChI is InChI=1S/C12H19NOS/c1-2-5-13-12(10-3-6-14-8-10)11-4-7-15-9-11/h4,7,9-10,12-13H,2-3,5-6,8H2,1H3. The third-order valence-electron chi connectivity index (χ3n) is 2.95. The smallest absolute Gasteiger partial charge is 0.0513 e. The first-order valence-corrected chi connectivity index (χ1v) is 6.69. The van der Waals surface area contributed by atoms with Crippen LogP contribution in [0, 0.1) is 5.92 Å². The lowest BCUT2D eigenvalue weighted by Gasteiger charge is -2.22. The Hall–Kier alpha value is -0.380. The van der Waals surface area contributed by atoms with Gasteiger partial charge in [-0.15, -0.1) is 0 Å². The SMILES string of the molecule is CCCNC(c1ccsc1)C1CCOC1. The largest absolute Gasteiger partial charge is 0.381 e. The Balaban J connectivity index is 2.01. The third kappa shape index (κ3) is 2.80. The van der Waals surface area contributed by atoms with Crippen LogP contribution in [0.3, 0.4) is 0 Å². The van der Waals surface area contributed by atoms with E-state index in [-0.39, 0.29) is 0 Å². The maximum Gasteiger partial charge on any atom is 0.0513 e. The molecule has 2 nitrogen and oxygen atoms in total. The summed E-state index contributed by atoms with van der Waals surface area (Å²) >= 11 is 1.78. The van der Waals surface area contributed by atoms with Crippen molar-refractivity contribution in [3.8, 4) is 0 Å². The van der Waals surface area contributed by atoms with Crippen LogP contribution in [-0.2, 0) is 4.74 Å². The lowest BCUT2D eigenvalue weighted by Crippen LogP contribution is -2.29. The van der Waals surface area contributed by atoms with Crippen LogP contribution >= 0.6 is 11.3 Å². The van der Waals surface area contributed by atoms with Crippen molar-refractivity contribution >= 4 is 11.3 Å². The molecular formula is C12H19NOS. The first-order chi connectivity index (χ1) is 7.42. The molecule has 1 aliphatic heterocycles. The topological polar surface area (TPSA) is 21.3 Å². The summed E-state index contributed by atoms with van der Waals surface area (Å²) in [6, 6.07) is 2.73. The summed E-state index contributed by atoms with van der Waals surface area (Å²) in [5.41, 5.74) is 1.43. The second-order valence-corrected chi connectivity index (χ2v) is 4.89. The molecule has 0 radical (unpaired) electrons. The Morgan fingerprint density at radius 2 is 2.60 bits per heavy atom. The molecule has 0 bridgehead atoms. The lowest BCUT2D eigenvalue weighted by atomic mass is 9.94. The van der Waals surface area contributed by atoms with Gasteiger partial charge in [0.15, 0.2) is 0 Å². The molecule has 84 valence electrons. The number of hydrogen-bond donors (Lipinski definition) is 1. The van der Waals surface area contributed by atoms with Crippen LogP contribution in [0.5, 0.6) is 0 Å². The molecule has 2 unspecified atom stereocenters. The second-order valence-electron chi connectivity index (χ2n) is 4.11. The lowest BCUT2D eigenvalue weighted by molar-refractivity contribution is 0.177. The molecule has 0 aliphatic carbocycles. The van der Waals surface area contributed by atoms with Crippen molar-refractivity contribution in [3.05, 3.63) is 22.4 Å². The highest BCUT2D eigenvalue weighted by molar-refractivity contribution is 7.07. The minimum absolute atomic E-state index is 0.499. The second kappa shape index (κ2) is 5.64. The van der Waals surface area contributed by atoms with Gasteiger partial charge in [0.25, 0.3) is 0 Å². The fourth-order valence-corrected chi connectivity index (χ4v) is 2.82. The summed E-state index contributed by atoms with van der Waals surface area (Å²) in [7, 11) is 0. The van der Waals surface area contributed by atoms with Crippen LogP contribution in [0.4, 0.5) is 0 Å². The van der Waals surface area contributed by atoms with Gasteiger partial charge in [0.05, 0.1) is 6.61 Å². The number of hydrogen-bond acceptors (Lipinski definition) is 3. The Morgan fingerprint density at radius 1 is 1.67 bits per heavy atom. The molecular weight excluding hydrogens is 206 g/mol. The van der Waals surface area contributed by atoms with E-state index in [1.54, 1.807) is 11.3 Å². The summed E-state index contributed by atoms with van der Waals surface area (Å²) in [4.78, 5) is 0. The van der Waals surface area contributed by atoms with Crippen LogP contribution in [0.1, 0.15) is 31.4 Å². The van der Waals surface area contributed by atoms with Crippen LogP contribution < -0.4 is 5.32 Å². The fraction of sp³-hybridized carbons (Fsp3) is 0.667. The van der Waals surface area contributed by atoms with Crippen molar-refractivity contribution in [2.45, 2.75) is 25.8 Å². The van der Waals surface area contributed by atoms with E-state index >= 15 is 0 Å². The van der Waals surface area contributed by atoms with Crippen LogP contribution in [0.25, 0.3) is 0 Å². The molecule has 0 amide bonds. The maximum atomic E-state index is 5.48. The first-order valence-electron chi connectivity index (χ1n) is 5.75. The van der Waals surface area contributed by atoms with E-state index in [0.29, 0.717) is 12.0 Å². The Kier molecular flexibility index (Phi) is 4.18. The number of ether oxygens (including phenoxy) is 1. The minimum atomic E-state index is 0.499. The van der Waals surface area contributed by atoms with Crippen molar-refractivity contribution < 1.29 is 4.74 Å². The number of nitrogens with one attached hydrogen (secondary N) is 1. The van der Waals surface area contributed by atoms with Gasteiger partial charge in [0.1, 0.15) is 0 Å². The molecule has 1 aliphatic rings. The average molecular weight is 225 g/mol. The quantitative estimate of drug-likeness (QED) is 0.832. The number of rotatable bonds is 5. The molecule has 0 saturated carbocycles. The predicted octanol–water partition coefficient (Wildman–Crippen LogP) is 2.83. The van der Waals surface area contributed by atoms with Crippen LogP contribution in [-0.4, -0.2) is 19.8 Å². The number of thiophene rings is 1. The van der Waals surface area contributed by atoms with E-state index in [0.717, 1.165) is 19.8 Å². The van der Waals surface area contributed by atoms with E-state index in [1.807, 2.05) is 0 Å². The molecule has 1 fully saturated rings. The van der Waals surface area contributed by atoms with E-state index in [1.165, 1.54) is 18.4 Å².